The van der Waals surface area contributed by atoms with Gasteiger partial charge in [0.05, 0.1) is 61.8 Å². The quantitative estimate of drug-likeness (QED) is 0.0979. The molecule has 17 nitrogen and oxygen atoms in total. The summed E-state index contributed by atoms with van der Waals surface area (Å²) in [5.74, 6) is -1.30. The van der Waals surface area contributed by atoms with Crippen LogP contribution in [0.1, 0.15) is 112 Å². The summed E-state index contributed by atoms with van der Waals surface area (Å²) in [6, 6.07) is 60.4. The molecule has 3 aliphatic rings. The normalized spacial score (nSPS) is 14.3. The van der Waals surface area contributed by atoms with E-state index in [1.165, 1.54) is 52.7 Å². The van der Waals surface area contributed by atoms with Crippen LogP contribution in [-0.2, 0) is 43.0 Å². The van der Waals surface area contributed by atoms with Gasteiger partial charge in [-0.05, 0) is 221 Å². The molecule has 0 saturated carbocycles. The summed E-state index contributed by atoms with van der Waals surface area (Å²) in [6.07, 6.45) is -0.114. The van der Waals surface area contributed by atoms with Crippen LogP contribution < -0.4 is 30.7 Å². The van der Waals surface area contributed by atoms with Gasteiger partial charge in [-0.3, -0.25) is 43.6 Å². The van der Waals surface area contributed by atoms with Crippen molar-refractivity contribution in [3.05, 3.63) is 311 Å². The van der Waals surface area contributed by atoms with Crippen molar-refractivity contribution in [2.45, 2.75) is 84.0 Å². The number of amides is 6. The molecule has 546 valence electrons. The van der Waals surface area contributed by atoms with E-state index in [0.717, 1.165) is 51.3 Å². The van der Waals surface area contributed by atoms with Crippen molar-refractivity contribution in [2.24, 2.45) is 0 Å². The van der Waals surface area contributed by atoms with E-state index >= 15 is 0 Å². The lowest BCUT2D eigenvalue weighted by Gasteiger charge is -2.21. The minimum absolute atomic E-state index is 0.0249. The predicted molar refractivity (Wildman–Crippen MR) is 407 cm³/mol. The molecule has 0 fully saturated rings. The van der Waals surface area contributed by atoms with Gasteiger partial charge in [-0.2, -0.15) is 26.3 Å². The van der Waals surface area contributed by atoms with Gasteiger partial charge in [0.15, 0.2) is 0 Å². The zero-order chi connectivity index (χ0) is 77.5. The van der Waals surface area contributed by atoms with Crippen LogP contribution in [0.2, 0.25) is 0 Å². The number of hydrogen-bond acceptors (Lipinski definition) is 11. The molecule has 109 heavy (non-hydrogen) atoms. The number of alkyl halides is 6. The Kier molecular flexibility index (Phi) is 19.8. The molecule has 23 heteroatoms. The SMILES string of the molecule is CC1(C)C(=O)N(c2cccnc2)c2nccc(-c3ccc(C(F)(F)F)c(C(=O)Nc4ccccc4)c3)c21.CC1(C)C(=O)N(c2ncccn2)c2cccc(-c3ccc(C(F)(F)F)c(C(=O)Nc4ccccc4)c3)c21.Cc1ccc(NC(=O)c2cc(-c3cccc4c3C(C)(C)C(=O)N4c3ccccn3)ccc2C)cc1. The lowest BCUT2D eigenvalue weighted by molar-refractivity contribution is -0.138. The Labute approximate surface area is 623 Å². The van der Waals surface area contributed by atoms with Crippen LogP contribution in [0.4, 0.5) is 78.1 Å². The number of fused-ring (bicyclic) bond motifs is 3. The lowest BCUT2D eigenvalue weighted by atomic mass is 9.81. The smallest absolute Gasteiger partial charge is 0.322 e. The second-order valence-electron chi connectivity index (χ2n) is 27.7. The molecule has 0 saturated heterocycles. The van der Waals surface area contributed by atoms with E-state index in [9.17, 15) is 55.1 Å². The van der Waals surface area contributed by atoms with Crippen LogP contribution in [0.3, 0.4) is 0 Å². The maximum Gasteiger partial charge on any atom is 0.417 e. The molecule has 6 amide bonds. The van der Waals surface area contributed by atoms with Crippen LogP contribution in [0.25, 0.3) is 33.4 Å². The molecule has 3 aliphatic heterocycles. The standard InChI is InChI=1S/C30H27N3O2.2C28H21F3N4O2/c1-19-11-15-22(16-12-19)32-28(34)24-18-21(14-13-20(24)2)23-8-7-9-25-27(23)30(3,4)29(35)33(25)26-10-5-6-17-31-26;1-27(2)23-19(10-6-11-22(23)35(25(27)37)26-32-14-7-15-33-26)17-12-13-21(28(29,30)31)20(16-17)24(36)34-18-8-4-3-5-9-18;1-27(2)23-20(12-14-33-24(23)35(26(27)37)19-9-6-13-32-16-19)17-10-11-22(28(29,30)31)21(15-17)25(36)34-18-7-4-3-5-8-18/h5-18H,1-4H3,(H,32,34);2*3-16H,1-2H3,(H,34,36). The van der Waals surface area contributed by atoms with Crippen molar-refractivity contribution in [1.29, 1.82) is 0 Å². The van der Waals surface area contributed by atoms with E-state index in [0.29, 0.717) is 73.3 Å². The molecule has 7 heterocycles. The van der Waals surface area contributed by atoms with Gasteiger partial charge in [0.2, 0.25) is 23.7 Å². The van der Waals surface area contributed by atoms with Gasteiger partial charge in [-0.1, -0.05) is 109 Å². The molecule has 0 radical (unpaired) electrons. The first kappa shape index (κ1) is 74.0. The fourth-order valence-corrected chi connectivity index (χ4v) is 13.8. The fourth-order valence-electron chi connectivity index (χ4n) is 13.8. The van der Waals surface area contributed by atoms with Gasteiger partial charge in [-0.15, -0.1) is 0 Å². The molecule has 0 unspecified atom stereocenters. The van der Waals surface area contributed by atoms with Crippen LogP contribution in [-0.4, -0.2) is 60.4 Å². The third kappa shape index (κ3) is 14.4. The first-order chi connectivity index (χ1) is 51.9. The molecule has 3 N–H and O–H groups in total. The highest BCUT2D eigenvalue weighted by Crippen LogP contribution is 2.53. The molecule has 0 spiro atoms. The van der Waals surface area contributed by atoms with E-state index < -0.39 is 62.7 Å². The zero-order valence-electron chi connectivity index (χ0n) is 60.0. The second kappa shape index (κ2) is 29.2. The molecule has 12 aromatic rings. The molecule has 0 atom stereocenters. The van der Waals surface area contributed by atoms with Gasteiger partial charge >= 0.3 is 12.4 Å². The number of hydrogen-bond donors (Lipinski definition) is 3. The molecular weight excluding hydrogens is 1400 g/mol. The van der Waals surface area contributed by atoms with Crippen molar-refractivity contribution in [3.63, 3.8) is 0 Å². The summed E-state index contributed by atoms with van der Waals surface area (Å²) >= 11 is 0. The van der Waals surface area contributed by atoms with Crippen LogP contribution >= 0.6 is 0 Å². The van der Waals surface area contributed by atoms with Gasteiger partial charge in [0, 0.05) is 59.2 Å². The van der Waals surface area contributed by atoms with Crippen LogP contribution in [0.5, 0.6) is 0 Å². The fraction of sp³-hybridized carbons (Fsp3) is 0.151. The van der Waals surface area contributed by atoms with Gasteiger partial charge in [0.1, 0.15) is 11.6 Å². The number of benzene rings is 8. The molecule has 4 aromatic heterocycles. The third-order valence-electron chi connectivity index (χ3n) is 19.3. The van der Waals surface area contributed by atoms with Crippen molar-refractivity contribution < 1.29 is 55.1 Å². The van der Waals surface area contributed by atoms with E-state index in [1.54, 1.807) is 154 Å². The molecular formula is C86H69F6N11O6. The number of carbonyl (C=O) groups excluding carboxylic acids is 6. The number of aryl methyl sites for hydroxylation is 2. The largest absolute Gasteiger partial charge is 0.417 e. The summed E-state index contributed by atoms with van der Waals surface area (Å²) in [5, 5.41) is 8.07. The highest BCUT2D eigenvalue weighted by atomic mass is 19.4. The van der Waals surface area contributed by atoms with Crippen molar-refractivity contribution in [1.82, 2.24) is 24.9 Å². The minimum atomic E-state index is -4.74. The van der Waals surface area contributed by atoms with Crippen molar-refractivity contribution in [2.75, 3.05) is 30.7 Å². The first-order valence-electron chi connectivity index (χ1n) is 34.5. The Morgan fingerprint density at radius 2 is 0.835 bits per heavy atom. The Morgan fingerprint density at radius 1 is 0.385 bits per heavy atom. The Bertz CT molecular complexity index is 5310. The first-order valence-corrected chi connectivity index (χ1v) is 34.5. The summed E-state index contributed by atoms with van der Waals surface area (Å²) < 4.78 is 83.2. The average Bonchev–Trinajstić information content (AvgIpc) is 1.59. The van der Waals surface area contributed by atoms with Crippen LogP contribution in [0, 0.1) is 13.8 Å². The van der Waals surface area contributed by atoms with Crippen molar-refractivity contribution >= 4 is 87.2 Å². The molecule has 0 bridgehead atoms. The molecule has 8 aromatic carbocycles. The summed E-state index contributed by atoms with van der Waals surface area (Å²) in [6.45, 7) is 14.8. The van der Waals surface area contributed by atoms with Crippen molar-refractivity contribution in [3.8, 4) is 33.4 Å². The third-order valence-corrected chi connectivity index (χ3v) is 19.3. The Morgan fingerprint density at radius 3 is 1.34 bits per heavy atom. The Hall–Kier alpha value is -13.3. The van der Waals surface area contributed by atoms with E-state index in [1.807, 2.05) is 107 Å². The number of rotatable bonds is 12. The molecule has 0 aliphatic carbocycles. The lowest BCUT2D eigenvalue weighted by Crippen LogP contribution is -2.34. The highest BCUT2D eigenvalue weighted by molar-refractivity contribution is 6.17. The number of nitrogens with one attached hydrogen (secondary N) is 3. The monoisotopic (exact) mass is 1470 g/mol. The number of para-hydroxylation sites is 2. The number of aromatic nitrogens is 5. The number of pyridine rings is 3. The van der Waals surface area contributed by atoms with Gasteiger partial charge in [0.25, 0.3) is 17.7 Å². The summed E-state index contributed by atoms with van der Waals surface area (Å²) in [7, 11) is 0. The zero-order valence-corrected chi connectivity index (χ0v) is 60.0. The maximum absolute atomic E-state index is 13.9. The minimum Gasteiger partial charge on any atom is -0.322 e. The van der Waals surface area contributed by atoms with E-state index in [2.05, 4.69) is 40.9 Å². The topological polar surface area (TPSA) is 213 Å². The van der Waals surface area contributed by atoms with E-state index in [4.69, 9.17) is 0 Å². The predicted octanol–water partition coefficient (Wildman–Crippen LogP) is 19.3. The number of nitrogens with zero attached hydrogens (tertiary/aromatic N) is 8. The summed E-state index contributed by atoms with van der Waals surface area (Å²) in [4.78, 5) is 106. The summed E-state index contributed by atoms with van der Waals surface area (Å²) in [5.41, 5.74) is 5.76. The second-order valence-corrected chi connectivity index (χ2v) is 27.7. The van der Waals surface area contributed by atoms with E-state index in [-0.39, 0.29) is 29.6 Å². The molecule has 15 rings (SSSR count). The average molecular weight is 1470 g/mol. The van der Waals surface area contributed by atoms with Crippen LogP contribution in [0.15, 0.2) is 256 Å². The van der Waals surface area contributed by atoms with Gasteiger partial charge < -0.3 is 16.0 Å². The Balaban J connectivity index is 0.000000144. The number of carbonyl (C=O) groups is 6. The highest BCUT2D eigenvalue weighted by Gasteiger charge is 2.50. The number of anilines is 9. The maximum atomic E-state index is 13.9. The number of halogens is 6. The van der Waals surface area contributed by atoms with Gasteiger partial charge in [-0.25, -0.2) is 24.8 Å².